The predicted molar refractivity (Wildman–Crippen MR) is 64.0 cm³/mol. The van der Waals surface area contributed by atoms with Crippen LogP contribution in [0.25, 0.3) is 0 Å². The summed E-state index contributed by atoms with van der Waals surface area (Å²) in [6.07, 6.45) is 2.07. The first-order valence-corrected chi connectivity index (χ1v) is 7.68. The van der Waals surface area contributed by atoms with Gasteiger partial charge in [-0.1, -0.05) is 6.92 Å². The highest BCUT2D eigenvalue weighted by Crippen LogP contribution is 2.11. The molecule has 90 valence electrons. The van der Waals surface area contributed by atoms with Crippen LogP contribution in [0.15, 0.2) is 0 Å². The summed E-state index contributed by atoms with van der Waals surface area (Å²) in [4.78, 5) is 11.4. The minimum absolute atomic E-state index is 0.262. The van der Waals surface area contributed by atoms with Crippen molar-refractivity contribution >= 4 is 27.4 Å². The maximum atomic E-state index is 11.4. The Morgan fingerprint density at radius 1 is 1.40 bits per heavy atom. The topological polar surface area (TPSA) is 44.8 Å². The zero-order valence-electron chi connectivity index (χ0n) is 9.78. The molecule has 0 heterocycles. The molecule has 0 N–H and O–H groups in total. The third-order valence-corrected chi connectivity index (χ3v) is 4.38. The highest BCUT2D eigenvalue weighted by Gasteiger charge is 2.36. The third-order valence-electron chi connectivity index (χ3n) is 2.04. The lowest BCUT2D eigenvalue weighted by Crippen LogP contribution is -2.42. The van der Waals surface area contributed by atoms with Crippen molar-refractivity contribution in [3.8, 4) is 0 Å². The minimum Gasteiger partial charge on any atom is -0.473 e. The van der Waals surface area contributed by atoms with Crippen LogP contribution in [-0.4, -0.2) is 34.2 Å². The molecule has 0 saturated heterocycles. The summed E-state index contributed by atoms with van der Waals surface area (Å²) in [6, 6.07) is 0. The lowest BCUT2D eigenvalue weighted by molar-refractivity contribution is -0.138. The number of carbonyl (C=O) groups is 1. The van der Waals surface area contributed by atoms with Crippen molar-refractivity contribution in [3.05, 3.63) is 0 Å². The summed E-state index contributed by atoms with van der Waals surface area (Å²) in [6.45, 7) is 3.68. The molecule has 0 spiro atoms. The van der Waals surface area contributed by atoms with Crippen LogP contribution in [0.3, 0.4) is 0 Å². The van der Waals surface area contributed by atoms with Gasteiger partial charge >= 0.3 is 8.80 Å². The first-order valence-electron chi connectivity index (χ1n) is 4.93. The van der Waals surface area contributed by atoms with Gasteiger partial charge < -0.3 is 13.3 Å². The maximum absolute atomic E-state index is 11.4. The van der Waals surface area contributed by atoms with Crippen LogP contribution in [-0.2, 0) is 18.1 Å². The second-order valence-electron chi connectivity index (χ2n) is 3.49. The van der Waals surface area contributed by atoms with Crippen LogP contribution in [0.4, 0.5) is 0 Å². The molecule has 0 saturated carbocycles. The smallest absolute Gasteiger partial charge is 0.473 e. The third kappa shape index (κ3) is 6.94. The molecule has 0 aliphatic carbocycles. The molecule has 15 heavy (non-hydrogen) atoms. The van der Waals surface area contributed by atoms with E-state index in [1.54, 1.807) is 6.55 Å². The molecule has 0 radical (unpaired) electrons. The fourth-order valence-electron chi connectivity index (χ4n) is 0.966. The SMILES string of the molecule is CO[Si](C)(OC)OC(=O)CCCC(C)S. The van der Waals surface area contributed by atoms with Gasteiger partial charge in [-0.3, -0.25) is 4.79 Å². The van der Waals surface area contributed by atoms with Gasteiger partial charge in [0.25, 0.3) is 5.97 Å². The fourth-order valence-corrected chi connectivity index (χ4v) is 2.00. The largest absolute Gasteiger partial charge is 0.564 e. The Bertz CT molecular complexity index is 195. The van der Waals surface area contributed by atoms with Crippen molar-refractivity contribution in [1.82, 2.24) is 0 Å². The van der Waals surface area contributed by atoms with Crippen molar-refractivity contribution in [3.63, 3.8) is 0 Å². The van der Waals surface area contributed by atoms with Gasteiger partial charge in [0, 0.05) is 27.2 Å². The summed E-state index contributed by atoms with van der Waals surface area (Å²) in [5, 5.41) is 0.311. The zero-order valence-corrected chi connectivity index (χ0v) is 11.7. The van der Waals surface area contributed by atoms with Gasteiger partial charge in [-0.2, -0.15) is 12.6 Å². The zero-order chi connectivity index (χ0) is 11.9. The van der Waals surface area contributed by atoms with Gasteiger partial charge in [0.2, 0.25) is 0 Å². The second-order valence-corrected chi connectivity index (χ2v) is 7.11. The van der Waals surface area contributed by atoms with Crippen molar-refractivity contribution < 1.29 is 18.1 Å². The highest BCUT2D eigenvalue weighted by molar-refractivity contribution is 7.80. The number of hydrogen-bond acceptors (Lipinski definition) is 5. The predicted octanol–water partition coefficient (Wildman–Crippen LogP) is 1.88. The molecule has 0 aromatic heterocycles. The Labute approximate surface area is 98.1 Å². The quantitative estimate of drug-likeness (QED) is 0.555. The lowest BCUT2D eigenvalue weighted by Gasteiger charge is -2.21. The highest BCUT2D eigenvalue weighted by atomic mass is 32.1. The van der Waals surface area contributed by atoms with Gasteiger partial charge in [-0.05, 0) is 18.1 Å². The number of thiol groups is 1. The minimum atomic E-state index is -2.71. The van der Waals surface area contributed by atoms with Crippen LogP contribution in [0.2, 0.25) is 6.55 Å². The van der Waals surface area contributed by atoms with Gasteiger partial charge in [0.15, 0.2) is 0 Å². The first kappa shape index (κ1) is 15.0. The summed E-state index contributed by atoms with van der Waals surface area (Å²) >= 11 is 4.23. The number of hydrogen-bond donors (Lipinski definition) is 1. The summed E-state index contributed by atoms with van der Waals surface area (Å²) in [5.41, 5.74) is 0. The normalized spacial score (nSPS) is 13.7. The Morgan fingerprint density at radius 3 is 2.33 bits per heavy atom. The Morgan fingerprint density at radius 2 is 1.93 bits per heavy atom. The van der Waals surface area contributed by atoms with E-state index >= 15 is 0 Å². The van der Waals surface area contributed by atoms with Crippen molar-refractivity contribution in [2.24, 2.45) is 0 Å². The van der Waals surface area contributed by atoms with Gasteiger partial charge in [0.1, 0.15) is 0 Å². The Hall–Kier alpha value is -0.0431. The molecule has 1 atom stereocenters. The monoisotopic (exact) mass is 252 g/mol. The standard InChI is InChI=1S/C9H20O4SSi/c1-8(14)6-5-7-9(10)13-15(4,11-2)12-3/h8,14H,5-7H2,1-4H3. The molecule has 0 aromatic rings. The van der Waals surface area contributed by atoms with Crippen LogP contribution in [0.5, 0.6) is 0 Å². The number of rotatable bonds is 7. The van der Waals surface area contributed by atoms with Gasteiger partial charge in [0.05, 0.1) is 0 Å². The average Bonchev–Trinajstić information content (AvgIpc) is 2.17. The van der Waals surface area contributed by atoms with E-state index in [0.29, 0.717) is 11.7 Å². The van der Waals surface area contributed by atoms with E-state index in [4.69, 9.17) is 13.3 Å². The van der Waals surface area contributed by atoms with E-state index in [1.165, 1.54) is 14.2 Å². The molecule has 0 aliphatic heterocycles. The van der Waals surface area contributed by atoms with Crippen LogP contribution >= 0.6 is 12.6 Å². The Balaban J connectivity index is 3.82. The molecule has 4 nitrogen and oxygen atoms in total. The van der Waals surface area contributed by atoms with E-state index in [9.17, 15) is 4.79 Å². The molecular weight excluding hydrogens is 232 g/mol. The molecule has 0 fully saturated rings. The summed E-state index contributed by atoms with van der Waals surface area (Å²) in [7, 11) is 0.264. The molecule has 0 bridgehead atoms. The van der Waals surface area contributed by atoms with Gasteiger partial charge in [-0.15, -0.1) is 0 Å². The fraction of sp³-hybridized carbons (Fsp3) is 0.889. The first-order chi connectivity index (χ1) is 6.93. The second kappa shape index (κ2) is 7.27. The Kier molecular flexibility index (Phi) is 7.25. The van der Waals surface area contributed by atoms with Crippen LogP contribution in [0.1, 0.15) is 26.2 Å². The van der Waals surface area contributed by atoms with E-state index in [0.717, 1.165) is 12.8 Å². The number of carbonyl (C=O) groups excluding carboxylic acids is 1. The van der Waals surface area contributed by atoms with E-state index < -0.39 is 8.80 Å². The summed E-state index contributed by atoms with van der Waals surface area (Å²) in [5.74, 6) is -0.262. The molecule has 0 rings (SSSR count). The van der Waals surface area contributed by atoms with E-state index in [2.05, 4.69) is 12.6 Å². The van der Waals surface area contributed by atoms with Crippen molar-refractivity contribution in [2.45, 2.75) is 38.0 Å². The molecule has 0 aliphatic rings. The molecule has 6 heteroatoms. The molecule has 0 amide bonds. The van der Waals surface area contributed by atoms with E-state index in [-0.39, 0.29) is 5.97 Å². The van der Waals surface area contributed by atoms with E-state index in [1.807, 2.05) is 6.92 Å². The van der Waals surface area contributed by atoms with Gasteiger partial charge in [-0.25, -0.2) is 0 Å². The average molecular weight is 252 g/mol. The van der Waals surface area contributed by atoms with Crippen LogP contribution in [0, 0.1) is 0 Å². The summed E-state index contributed by atoms with van der Waals surface area (Å²) < 4.78 is 15.2. The molecule has 0 aromatic carbocycles. The van der Waals surface area contributed by atoms with Crippen molar-refractivity contribution in [1.29, 1.82) is 0 Å². The van der Waals surface area contributed by atoms with Crippen LogP contribution < -0.4 is 0 Å². The maximum Gasteiger partial charge on any atom is 0.564 e. The lowest BCUT2D eigenvalue weighted by atomic mass is 10.2. The molecular formula is C9H20O4SSi. The molecule has 1 unspecified atom stereocenters. The van der Waals surface area contributed by atoms with Crippen molar-refractivity contribution in [2.75, 3.05) is 14.2 Å².